The first-order chi connectivity index (χ1) is 13.5. The molecule has 0 bridgehead atoms. The summed E-state index contributed by atoms with van der Waals surface area (Å²) in [7, 11) is 1.54. The fourth-order valence-corrected chi connectivity index (χ4v) is 2.74. The van der Waals surface area contributed by atoms with E-state index in [1.807, 2.05) is 19.9 Å². The van der Waals surface area contributed by atoms with Gasteiger partial charge in [0.05, 0.1) is 24.1 Å². The van der Waals surface area contributed by atoms with Crippen LogP contribution in [0.5, 0.6) is 5.75 Å². The predicted molar refractivity (Wildman–Crippen MR) is 105 cm³/mol. The molecule has 3 rings (SSSR count). The second kappa shape index (κ2) is 8.39. The number of hydrogen-bond acceptors (Lipinski definition) is 5. The van der Waals surface area contributed by atoms with E-state index in [-0.39, 0.29) is 6.61 Å². The number of nitrogens with zero attached hydrogens (tertiary/aromatic N) is 2. The Morgan fingerprint density at radius 1 is 1.07 bits per heavy atom. The Morgan fingerprint density at radius 2 is 1.82 bits per heavy atom. The molecule has 144 valence electrons. The minimum Gasteiger partial charge on any atom is -0.497 e. The largest absolute Gasteiger partial charge is 0.497 e. The normalized spacial score (nSPS) is 10.4. The summed E-state index contributed by atoms with van der Waals surface area (Å²) < 4.78 is 12.0. The molecule has 0 atom stereocenters. The number of hydrogen-bond donors (Lipinski definition) is 1. The van der Waals surface area contributed by atoms with Crippen molar-refractivity contribution in [2.75, 3.05) is 19.0 Å². The first-order valence-electron chi connectivity index (χ1n) is 8.71. The van der Waals surface area contributed by atoms with Gasteiger partial charge in [0.15, 0.2) is 6.61 Å². The van der Waals surface area contributed by atoms with Crippen LogP contribution in [0.1, 0.15) is 21.7 Å². The highest BCUT2D eigenvalue weighted by atomic mass is 16.5. The number of methoxy groups -OCH3 is 1. The summed E-state index contributed by atoms with van der Waals surface area (Å²) in [5, 5.41) is 7.06. The lowest BCUT2D eigenvalue weighted by Crippen LogP contribution is -2.21. The topological polar surface area (TPSA) is 82.5 Å². The SMILES string of the molecule is COc1cccc(NC(=O)COC(=O)c2ccc(-n3nc(C)cc3C)cc2)c1. The lowest BCUT2D eigenvalue weighted by molar-refractivity contribution is -0.119. The minimum atomic E-state index is -0.569. The molecule has 0 unspecified atom stereocenters. The van der Waals surface area contributed by atoms with Gasteiger partial charge in [0.2, 0.25) is 0 Å². The van der Waals surface area contributed by atoms with Gasteiger partial charge < -0.3 is 14.8 Å². The molecule has 1 amide bonds. The van der Waals surface area contributed by atoms with Gasteiger partial charge in [-0.25, -0.2) is 9.48 Å². The van der Waals surface area contributed by atoms with Gasteiger partial charge in [-0.2, -0.15) is 5.10 Å². The third-order valence-electron chi connectivity index (χ3n) is 4.05. The Hall–Kier alpha value is -3.61. The van der Waals surface area contributed by atoms with E-state index < -0.39 is 11.9 Å². The first-order valence-corrected chi connectivity index (χ1v) is 8.71. The summed E-state index contributed by atoms with van der Waals surface area (Å²) in [4.78, 5) is 24.2. The lowest BCUT2D eigenvalue weighted by Gasteiger charge is -2.09. The Balaban J connectivity index is 1.57. The van der Waals surface area contributed by atoms with Crippen molar-refractivity contribution in [3.8, 4) is 11.4 Å². The number of benzene rings is 2. The molecule has 28 heavy (non-hydrogen) atoms. The molecule has 3 aromatic rings. The maximum absolute atomic E-state index is 12.2. The van der Waals surface area contributed by atoms with Crippen molar-refractivity contribution in [2.45, 2.75) is 13.8 Å². The Bertz CT molecular complexity index is 993. The number of carbonyl (C=O) groups excluding carboxylic acids is 2. The molecule has 7 heteroatoms. The molecule has 1 aromatic heterocycles. The van der Waals surface area contributed by atoms with Crippen LogP contribution in [-0.2, 0) is 9.53 Å². The van der Waals surface area contributed by atoms with Crippen LogP contribution in [0.2, 0.25) is 0 Å². The van der Waals surface area contributed by atoms with E-state index in [9.17, 15) is 9.59 Å². The van der Waals surface area contributed by atoms with Crippen LogP contribution in [0.3, 0.4) is 0 Å². The quantitative estimate of drug-likeness (QED) is 0.665. The number of aryl methyl sites for hydroxylation is 2. The van der Waals surface area contributed by atoms with Gasteiger partial charge in [-0.1, -0.05) is 6.07 Å². The molecule has 0 saturated carbocycles. The molecule has 0 saturated heterocycles. The number of ether oxygens (including phenoxy) is 2. The highest BCUT2D eigenvalue weighted by Gasteiger charge is 2.12. The smallest absolute Gasteiger partial charge is 0.338 e. The van der Waals surface area contributed by atoms with Gasteiger partial charge in [0.1, 0.15) is 5.75 Å². The number of anilines is 1. The van der Waals surface area contributed by atoms with Crippen LogP contribution >= 0.6 is 0 Å². The van der Waals surface area contributed by atoms with Crippen molar-refractivity contribution < 1.29 is 19.1 Å². The number of esters is 1. The van der Waals surface area contributed by atoms with Gasteiger partial charge in [-0.15, -0.1) is 0 Å². The van der Waals surface area contributed by atoms with Crippen LogP contribution in [0, 0.1) is 13.8 Å². The van der Waals surface area contributed by atoms with Gasteiger partial charge in [0, 0.05) is 17.4 Å². The molecule has 7 nitrogen and oxygen atoms in total. The minimum absolute atomic E-state index is 0.361. The molecular weight excluding hydrogens is 358 g/mol. The van der Waals surface area contributed by atoms with E-state index in [1.54, 1.807) is 60.3 Å². The zero-order valence-corrected chi connectivity index (χ0v) is 15.9. The average molecular weight is 379 g/mol. The zero-order chi connectivity index (χ0) is 20.1. The third kappa shape index (κ3) is 4.56. The highest BCUT2D eigenvalue weighted by molar-refractivity contribution is 5.95. The second-order valence-corrected chi connectivity index (χ2v) is 6.24. The molecule has 0 spiro atoms. The van der Waals surface area contributed by atoms with Crippen LogP contribution < -0.4 is 10.1 Å². The summed E-state index contributed by atoms with van der Waals surface area (Å²) in [6.45, 7) is 3.50. The number of carbonyl (C=O) groups is 2. The third-order valence-corrected chi connectivity index (χ3v) is 4.05. The molecule has 1 heterocycles. The lowest BCUT2D eigenvalue weighted by atomic mass is 10.2. The summed E-state index contributed by atoms with van der Waals surface area (Å²) in [6.07, 6.45) is 0. The highest BCUT2D eigenvalue weighted by Crippen LogP contribution is 2.17. The molecule has 2 aromatic carbocycles. The second-order valence-electron chi connectivity index (χ2n) is 6.24. The molecular formula is C21H21N3O4. The molecule has 0 fully saturated rings. The van der Waals surface area contributed by atoms with Crippen LogP contribution in [0.15, 0.2) is 54.6 Å². The van der Waals surface area contributed by atoms with Crippen molar-refractivity contribution in [1.82, 2.24) is 9.78 Å². The Kier molecular flexibility index (Phi) is 5.74. The molecule has 0 aliphatic heterocycles. The maximum Gasteiger partial charge on any atom is 0.338 e. The average Bonchev–Trinajstić information content (AvgIpc) is 3.04. The number of nitrogens with one attached hydrogen (secondary N) is 1. The zero-order valence-electron chi connectivity index (χ0n) is 15.9. The van der Waals surface area contributed by atoms with Crippen LogP contribution in [0.25, 0.3) is 5.69 Å². The van der Waals surface area contributed by atoms with E-state index in [0.717, 1.165) is 17.1 Å². The summed E-state index contributed by atoms with van der Waals surface area (Å²) in [6, 6.07) is 15.8. The number of rotatable bonds is 6. The van der Waals surface area contributed by atoms with E-state index in [2.05, 4.69) is 10.4 Å². The van der Waals surface area contributed by atoms with Crippen LogP contribution in [0.4, 0.5) is 5.69 Å². The summed E-state index contributed by atoms with van der Waals surface area (Å²) in [5.41, 5.74) is 3.69. The van der Waals surface area contributed by atoms with Crippen molar-refractivity contribution in [1.29, 1.82) is 0 Å². The molecule has 0 aliphatic rings. The van der Waals surface area contributed by atoms with E-state index >= 15 is 0 Å². The molecule has 1 N–H and O–H groups in total. The van der Waals surface area contributed by atoms with Crippen molar-refractivity contribution >= 4 is 17.6 Å². The van der Waals surface area contributed by atoms with E-state index in [1.165, 1.54) is 0 Å². The van der Waals surface area contributed by atoms with Gasteiger partial charge >= 0.3 is 5.97 Å². The Morgan fingerprint density at radius 3 is 2.46 bits per heavy atom. The molecule has 0 radical (unpaired) electrons. The number of amides is 1. The predicted octanol–water partition coefficient (Wildman–Crippen LogP) is 3.29. The summed E-state index contributed by atoms with van der Waals surface area (Å²) >= 11 is 0. The van der Waals surface area contributed by atoms with Crippen molar-refractivity contribution in [2.24, 2.45) is 0 Å². The van der Waals surface area contributed by atoms with Crippen molar-refractivity contribution in [3.63, 3.8) is 0 Å². The first kappa shape index (κ1) is 19.2. The van der Waals surface area contributed by atoms with Gasteiger partial charge in [-0.05, 0) is 56.3 Å². The number of aromatic nitrogens is 2. The van der Waals surface area contributed by atoms with E-state index in [4.69, 9.17) is 9.47 Å². The van der Waals surface area contributed by atoms with Crippen molar-refractivity contribution in [3.05, 3.63) is 71.5 Å². The molecule has 0 aliphatic carbocycles. The fourth-order valence-electron chi connectivity index (χ4n) is 2.74. The Labute approximate surface area is 162 Å². The van der Waals surface area contributed by atoms with E-state index in [0.29, 0.717) is 17.0 Å². The maximum atomic E-state index is 12.2. The monoisotopic (exact) mass is 379 g/mol. The fraction of sp³-hybridized carbons (Fsp3) is 0.190. The van der Waals surface area contributed by atoms with Crippen LogP contribution in [-0.4, -0.2) is 35.4 Å². The standard InChI is InChI=1S/C21H21N3O4/c1-14-11-15(2)24(23-14)18-9-7-16(8-10-18)21(26)28-13-20(25)22-17-5-4-6-19(12-17)27-3/h4-12H,13H2,1-3H3,(H,22,25). The summed E-state index contributed by atoms with van der Waals surface area (Å²) in [5.74, 6) is -0.376. The van der Waals surface area contributed by atoms with Gasteiger partial charge in [-0.3, -0.25) is 4.79 Å². The van der Waals surface area contributed by atoms with Gasteiger partial charge in [0.25, 0.3) is 5.91 Å².